The molecule has 3 rings (SSSR count). The van der Waals surface area contributed by atoms with Crippen LogP contribution in [0.3, 0.4) is 0 Å². The van der Waals surface area contributed by atoms with E-state index in [0.717, 1.165) is 25.6 Å². The Labute approximate surface area is 119 Å². The van der Waals surface area contributed by atoms with Gasteiger partial charge in [-0.3, -0.25) is 0 Å². The smallest absolute Gasteiger partial charge is 0.0940 e. The quantitative estimate of drug-likeness (QED) is 0.848. The van der Waals surface area contributed by atoms with Crippen molar-refractivity contribution in [1.29, 1.82) is 0 Å². The minimum absolute atomic E-state index is 0.788. The van der Waals surface area contributed by atoms with Crippen LogP contribution in [0.1, 0.15) is 22.7 Å². The Morgan fingerprint density at radius 1 is 1.32 bits per heavy atom. The van der Waals surface area contributed by atoms with E-state index in [9.17, 15) is 0 Å². The van der Waals surface area contributed by atoms with E-state index in [1.807, 2.05) is 11.3 Å². The lowest BCUT2D eigenvalue weighted by molar-refractivity contribution is 0.155. The zero-order valence-electron chi connectivity index (χ0n) is 11.8. The summed E-state index contributed by atoms with van der Waals surface area (Å²) in [5.41, 5.74) is 0. The zero-order chi connectivity index (χ0) is 13.1. The van der Waals surface area contributed by atoms with Crippen LogP contribution in [0.5, 0.6) is 0 Å². The van der Waals surface area contributed by atoms with Crippen molar-refractivity contribution in [2.24, 2.45) is 0 Å². The van der Waals surface area contributed by atoms with Crippen LogP contribution in [-0.2, 0) is 13.0 Å². The zero-order valence-corrected chi connectivity index (χ0v) is 12.6. The number of piperazine rings is 1. The summed E-state index contributed by atoms with van der Waals surface area (Å²) in [5, 5.41) is 4.85. The lowest BCUT2D eigenvalue weighted by Crippen LogP contribution is -2.45. The second kappa shape index (κ2) is 6.31. The van der Waals surface area contributed by atoms with Crippen molar-refractivity contribution in [2.45, 2.75) is 31.8 Å². The molecule has 1 aromatic heterocycles. The normalized spacial score (nSPS) is 21.9. The SMILES string of the molecule is CN1CCN(CCc2ncc(CNC3CC3)s2)CC1. The molecule has 0 atom stereocenters. The Morgan fingerprint density at radius 2 is 2.11 bits per heavy atom. The minimum Gasteiger partial charge on any atom is -0.309 e. The molecular weight excluding hydrogens is 256 g/mol. The first kappa shape index (κ1) is 13.5. The van der Waals surface area contributed by atoms with Gasteiger partial charge >= 0.3 is 0 Å². The standard InChI is InChI=1S/C14H24N4S/c1-17-6-8-18(9-7-17)5-4-14-16-11-13(19-14)10-15-12-2-3-12/h11-12,15H,2-10H2,1H3. The first-order valence-corrected chi connectivity index (χ1v) is 8.19. The maximum absolute atomic E-state index is 4.56. The Morgan fingerprint density at radius 3 is 2.84 bits per heavy atom. The molecule has 1 aromatic rings. The molecule has 0 radical (unpaired) electrons. The summed E-state index contributed by atoms with van der Waals surface area (Å²) in [6.07, 6.45) is 5.88. The van der Waals surface area contributed by atoms with E-state index in [1.165, 1.54) is 48.9 Å². The summed E-state index contributed by atoms with van der Waals surface area (Å²) in [6.45, 7) is 6.99. The molecule has 0 aromatic carbocycles. The Kier molecular flexibility index (Phi) is 4.48. The topological polar surface area (TPSA) is 31.4 Å². The number of likely N-dealkylation sites (N-methyl/N-ethyl adjacent to an activating group) is 1. The van der Waals surface area contributed by atoms with Crippen molar-refractivity contribution in [3.05, 3.63) is 16.1 Å². The van der Waals surface area contributed by atoms with Crippen LogP contribution in [0.15, 0.2) is 6.20 Å². The third-order valence-corrected chi connectivity index (χ3v) is 5.04. The largest absolute Gasteiger partial charge is 0.309 e. The van der Waals surface area contributed by atoms with E-state index in [2.05, 4.69) is 33.3 Å². The highest BCUT2D eigenvalue weighted by molar-refractivity contribution is 7.11. The summed E-state index contributed by atoms with van der Waals surface area (Å²) in [5.74, 6) is 0. The average molecular weight is 280 g/mol. The van der Waals surface area contributed by atoms with E-state index in [-0.39, 0.29) is 0 Å². The highest BCUT2D eigenvalue weighted by Crippen LogP contribution is 2.21. The minimum atomic E-state index is 0.788. The van der Waals surface area contributed by atoms with Crippen molar-refractivity contribution in [1.82, 2.24) is 20.1 Å². The van der Waals surface area contributed by atoms with E-state index < -0.39 is 0 Å². The summed E-state index contributed by atoms with van der Waals surface area (Å²) in [7, 11) is 2.21. The number of thiazole rings is 1. The Bertz CT molecular complexity index is 394. The number of rotatable bonds is 6. The number of hydrogen-bond donors (Lipinski definition) is 1. The monoisotopic (exact) mass is 280 g/mol. The summed E-state index contributed by atoms with van der Waals surface area (Å²) in [4.78, 5) is 10.9. The molecule has 4 nitrogen and oxygen atoms in total. The van der Waals surface area contributed by atoms with Gasteiger partial charge in [0.15, 0.2) is 0 Å². The number of nitrogens with one attached hydrogen (secondary N) is 1. The first-order chi connectivity index (χ1) is 9.29. The van der Waals surface area contributed by atoms with Gasteiger partial charge in [-0.1, -0.05) is 0 Å². The van der Waals surface area contributed by atoms with Crippen LogP contribution < -0.4 is 5.32 Å². The lowest BCUT2D eigenvalue weighted by atomic mass is 10.3. The van der Waals surface area contributed by atoms with Gasteiger partial charge in [-0.05, 0) is 19.9 Å². The van der Waals surface area contributed by atoms with Crippen LogP contribution >= 0.6 is 11.3 Å². The van der Waals surface area contributed by atoms with Crippen LogP contribution in [0.4, 0.5) is 0 Å². The molecule has 19 heavy (non-hydrogen) atoms. The fourth-order valence-corrected chi connectivity index (χ4v) is 3.27. The summed E-state index contributed by atoms with van der Waals surface area (Å²) >= 11 is 1.88. The van der Waals surface area contributed by atoms with Gasteiger partial charge in [0.2, 0.25) is 0 Å². The lowest BCUT2D eigenvalue weighted by Gasteiger charge is -2.32. The highest BCUT2D eigenvalue weighted by Gasteiger charge is 2.20. The highest BCUT2D eigenvalue weighted by atomic mass is 32.1. The molecule has 1 N–H and O–H groups in total. The molecule has 1 aliphatic carbocycles. The van der Waals surface area contributed by atoms with E-state index in [0.29, 0.717) is 0 Å². The molecule has 2 heterocycles. The molecule has 0 amide bonds. The van der Waals surface area contributed by atoms with Gasteiger partial charge in [0, 0.05) is 62.8 Å². The molecule has 1 saturated heterocycles. The molecule has 106 valence electrons. The van der Waals surface area contributed by atoms with Crippen molar-refractivity contribution < 1.29 is 0 Å². The molecule has 1 saturated carbocycles. The second-order valence-corrected chi connectivity index (χ2v) is 6.97. The Hall–Kier alpha value is -0.490. The van der Waals surface area contributed by atoms with Gasteiger partial charge in [0.25, 0.3) is 0 Å². The summed E-state index contributed by atoms with van der Waals surface area (Å²) < 4.78 is 0. The summed E-state index contributed by atoms with van der Waals surface area (Å²) in [6, 6.07) is 0.788. The predicted octanol–water partition coefficient (Wildman–Crippen LogP) is 1.18. The fourth-order valence-electron chi connectivity index (χ4n) is 2.40. The molecule has 2 fully saturated rings. The first-order valence-electron chi connectivity index (χ1n) is 7.37. The third kappa shape index (κ3) is 4.24. The van der Waals surface area contributed by atoms with Crippen molar-refractivity contribution in [3.8, 4) is 0 Å². The maximum atomic E-state index is 4.56. The van der Waals surface area contributed by atoms with E-state index >= 15 is 0 Å². The van der Waals surface area contributed by atoms with Gasteiger partial charge < -0.3 is 15.1 Å². The van der Waals surface area contributed by atoms with Crippen LogP contribution in [-0.4, -0.2) is 60.6 Å². The van der Waals surface area contributed by atoms with E-state index in [1.54, 1.807) is 0 Å². The molecular formula is C14H24N4S. The van der Waals surface area contributed by atoms with Crippen LogP contribution in [0.25, 0.3) is 0 Å². The maximum Gasteiger partial charge on any atom is 0.0940 e. The molecule has 0 bridgehead atoms. The van der Waals surface area contributed by atoms with Crippen molar-refractivity contribution in [2.75, 3.05) is 39.8 Å². The number of hydrogen-bond acceptors (Lipinski definition) is 5. The van der Waals surface area contributed by atoms with Gasteiger partial charge in [-0.2, -0.15) is 0 Å². The molecule has 1 aliphatic heterocycles. The predicted molar refractivity (Wildman–Crippen MR) is 79.6 cm³/mol. The van der Waals surface area contributed by atoms with Gasteiger partial charge in [-0.15, -0.1) is 11.3 Å². The second-order valence-electron chi connectivity index (χ2n) is 5.77. The Balaban J connectivity index is 1.39. The third-order valence-electron chi connectivity index (χ3n) is 3.98. The fraction of sp³-hybridized carbons (Fsp3) is 0.786. The molecule has 0 spiro atoms. The van der Waals surface area contributed by atoms with Gasteiger partial charge in [-0.25, -0.2) is 4.98 Å². The average Bonchev–Trinajstić information content (AvgIpc) is 3.15. The molecule has 2 aliphatic rings. The number of nitrogens with zero attached hydrogens (tertiary/aromatic N) is 3. The number of aromatic nitrogens is 1. The van der Waals surface area contributed by atoms with Gasteiger partial charge in [0.1, 0.15) is 0 Å². The van der Waals surface area contributed by atoms with Crippen LogP contribution in [0, 0.1) is 0 Å². The van der Waals surface area contributed by atoms with Gasteiger partial charge in [0.05, 0.1) is 5.01 Å². The molecule has 5 heteroatoms. The van der Waals surface area contributed by atoms with E-state index in [4.69, 9.17) is 0 Å². The van der Waals surface area contributed by atoms with Crippen LogP contribution in [0.2, 0.25) is 0 Å². The van der Waals surface area contributed by atoms with Crippen molar-refractivity contribution in [3.63, 3.8) is 0 Å². The molecule has 0 unspecified atom stereocenters. The van der Waals surface area contributed by atoms with Crippen molar-refractivity contribution >= 4 is 11.3 Å².